The third-order valence-electron chi connectivity index (χ3n) is 4.75. The molecule has 2 unspecified atom stereocenters. The highest BCUT2D eigenvalue weighted by atomic mass is 16.3. The van der Waals surface area contributed by atoms with E-state index in [2.05, 4.69) is 29.0 Å². The molecule has 3 N–H and O–H groups in total. The molecule has 27 heavy (non-hydrogen) atoms. The molecule has 1 amide bonds. The molecule has 0 aliphatic carbocycles. The number of nitrogens with one attached hydrogen (secondary N) is 1. The van der Waals surface area contributed by atoms with Crippen LogP contribution in [0.1, 0.15) is 61.6 Å². The second kappa shape index (κ2) is 10.8. The van der Waals surface area contributed by atoms with Crippen molar-refractivity contribution in [3.8, 4) is 0 Å². The Kier molecular flexibility index (Phi) is 8.48. The molecule has 2 atom stereocenters. The second-order valence-electron chi connectivity index (χ2n) is 6.91. The van der Waals surface area contributed by atoms with Crippen molar-refractivity contribution in [2.75, 3.05) is 19.6 Å². The largest absolute Gasteiger partial charge is 0.446 e. The Morgan fingerprint density at radius 3 is 2.63 bits per heavy atom. The summed E-state index contributed by atoms with van der Waals surface area (Å²) < 4.78 is 5.44. The summed E-state index contributed by atoms with van der Waals surface area (Å²) in [6.45, 7) is 9.51. The molecule has 0 aliphatic rings. The van der Waals surface area contributed by atoms with Gasteiger partial charge in [0.1, 0.15) is 6.26 Å². The van der Waals surface area contributed by atoms with Crippen molar-refractivity contribution in [1.82, 2.24) is 15.2 Å². The topological polar surface area (TPSA) is 84.4 Å². The predicted molar refractivity (Wildman–Crippen MR) is 108 cm³/mol. The summed E-state index contributed by atoms with van der Waals surface area (Å²) in [5, 5.41) is 2.99. The van der Waals surface area contributed by atoms with E-state index in [9.17, 15) is 4.79 Å². The molecule has 0 bridgehead atoms. The minimum atomic E-state index is -0.375. The number of nitrogens with zero attached hydrogens (tertiary/aromatic N) is 2. The van der Waals surface area contributed by atoms with Gasteiger partial charge in [0.15, 0.2) is 5.69 Å². The van der Waals surface area contributed by atoms with Crippen molar-refractivity contribution < 1.29 is 9.21 Å². The first-order valence-electron chi connectivity index (χ1n) is 9.81. The van der Waals surface area contributed by atoms with Crippen molar-refractivity contribution >= 4 is 5.91 Å². The third-order valence-corrected chi connectivity index (χ3v) is 4.75. The summed E-state index contributed by atoms with van der Waals surface area (Å²) in [7, 11) is 0. The number of aromatic nitrogens is 1. The molecule has 0 saturated heterocycles. The van der Waals surface area contributed by atoms with Gasteiger partial charge in [0.2, 0.25) is 5.89 Å². The average molecular weight is 373 g/mol. The molecule has 148 valence electrons. The van der Waals surface area contributed by atoms with Gasteiger partial charge in [-0.25, -0.2) is 4.98 Å². The van der Waals surface area contributed by atoms with E-state index in [4.69, 9.17) is 10.2 Å². The standard InChI is InChI=1S/C21H32N4O2/c1-4-25(5-2)13-9-10-16(3)23-20(26)19-15-27-21(24-19)18(22)14-17-11-7-6-8-12-17/h6-8,11-12,15-16,18H,4-5,9-10,13-14,22H2,1-3H3,(H,23,26). The van der Waals surface area contributed by atoms with Gasteiger partial charge in [-0.2, -0.15) is 0 Å². The van der Waals surface area contributed by atoms with E-state index in [1.807, 2.05) is 37.3 Å². The highest BCUT2D eigenvalue weighted by Gasteiger charge is 2.18. The number of hydrogen-bond donors (Lipinski definition) is 2. The maximum atomic E-state index is 12.4. The molecule has 0 aliphatic heterocycles. The van der Waals surface area contributed by atoms with E-state index in [-0.39, 0.29) is 23.7 Å². The number of oxazole rings is 1. The zero-order valence-electron chi connectivity index (χ0n) is 16.6. The van der Waals surface area contributed by atoms with Gasteiger partial charge < -0.3 is 20.4 Å². The highest BCUT2D eigenvalue weighted by molar-refractivity contribution is 5.92. The van der Waals surface area contributed by atoms with Crippen LogP contribution in [0.2, 0.25) is 0 Å². The van der Waals surface area contributed by atoms with Crippen molar-refractivity contribution in [3.05, 3.63) is 53.7 Å². The van der Waals surface area contributed by atoms with Crippen molar-refractivity contribution in [2.45, 2.75) is 52.1 Å². The molecule has 1 aromatic heterocycles. The molecule has 6 heteroatoms. The van der Waals surface area contributed by atoms with Crippen LogP contribution in [0.3, 0.4) is 0 Å². The average Bonchev–Trinajstić information content (AvgIpc) is 3.16. The van der Waals surface area contributed by atoms with Crippen LogP contribution in [-0.2, 0) is 6.42 Å². The first-order valence-corrected chi connectivity index (χ1v) is 9.81. The molecule has 0 saturated carbocycles. The first kappa shape index (κ1) is 21.1. The Morgan fingerprint density at radius 2 is 1.96 bits per heavy atom. The minimum absolute atomic E-state index is 0.0891. The third kappa shape index (κ3) is 6.81. The lowest BCUT2D eigenvalue weighted by molar-refractivity contribution is 0.0932. The summed E-state index contributed by atoms with van der Waals surface area (Å²) in [5.74, 6) is 0.172. The van der Waals surface area contributed by atoms with E-state index in [0.29, 0.717) is 12.3 Å². The number of carbonyl (C=O) groups excluding carboxylic acids is 1. The quantitative estimate of drug-likeness (QED) is 0.633. The zero-order chi connectivity index (χ0) is 19.6. The van der Waals surface area contributed by atoms with Gasteiger partial charge in [0.05, 0.1) is 6.04 Å². The van der Waals surface area contributed by atoms with Gasteiger partial charge >= 0.3 is 0 Å². The first-order chi connectivity index (χ1) is 13.0. The lowest BCUT2D eigenvalue weighted by atomic mass is 10.1. The van der Waals surface area contributed by atoms with Crippen LogP contribution in [0.15, 0.2) is 41.0 Å². The fraction of sp³-hybridized carbons (Fsp3) is 0.524. The Bertz CT molecular complexity index is 682. The number of benzene rings is 1. The summed E-state index contributed by atoms with van der Waals surface area (Å²) in [4.78, 5) is 19.0. The molecule has 6 nitrogen and oxygen atoms in total. The summed E-state index contributed by atoms with van der Waals surface area (Å²) in [5.41, 5.74) is 7.56. The normalized spacial score (nSPS) is 13.5. The second-order valence-corrected chi connectivity index (χ2v) is 6.91. The Balaban J connectivity index is 1.81. The van der Waals surface area contributed by atoms with Crippen LogP contribution in [0.5, 0.6) is 0 Å². The van der Waals surface area contributed by atoms with Gasteiger partial charge in [-0.3, -0.25) is 4.79 Å². The molecule has 2 aromatic rings. The fourth-order valence-electron chi connectivity index (χ4n) is 3.05. The van der Waals surface area contributed by atoms with Crippen molar-refractivity contribution in [2.24, 2.45) is 5.73 Å². The maximum absolute atomic E-state index is 12.4. The molecule has 0 spiro atoms. The highest BCUT2D eigenvalue weighted by Crippen LogP contribution is 2.16. The maximum Gasteiger partial charge on any atom is 0.273 e. The van der Waals surface area contributed by atoms with Gasteiger partial charge in [0.25, 0.3) is 5.91 Å². The van der Waals surface area contributed by atoms with E-state index < -0.39 is 0 Å². The van der Waals surface area contributed by atoms with E-state index >= 15 is 0 Å². The van der Waals surface area contributed by atoms with E-state index in [1.54, 1.807) is 0 Å². The van der Waals surface area contributed by atoms with Crippen LogP contribution < -0.4 is 11.1 Å². The Labute approximate surface area is 162 Å². The summed E-state index contributed by atoms with van der Waals surface area (Å²) in [6, 6.07) is 9.64. The van der Waals surface area contributed by atoms with Gasteiger partial charge in [-0.05, 0) is 51.4 Å². The number of nitrogens with two attached hydrogens (primary N) is 1. The number of rotatable bonds is 11. The van der Waals surface area contributed by atoms with Crippen LogP contribution in [0.4, 0.5) is 0 Å². The molecule has 1 heterocycles. The van der Waals surface area contributed by atoms with Gasteiger partial charge in [0, 0.05) is 6.04 Å². The molecule has 0 radical (unpaired) electrons. The number of amides is 1. The summed E-state index contributed by atoms with van der Waals surface area (Å²) >= 11 is 0. The molecule has 0 fully saturated rings. The fourth-order valence-corrected chi connectivity index (χ4v) is 3.05. The number of carbonyl (C=O) groups is 1. The van der Waals surface area contributed by atoms with Crippen LogP contribution in [0.25, 0.3) is 0 Å². The molecule has 2 rings (SSSR count). The molecular formula is C21H32N4O2. The predicted octanol–water partition coefficient (Wildman–Crippen LogP) is 3.16. The lowest BCUT2D eigenvalue weighted by Gasteiger charge is -2.19. The molecule has 1 aromatic carbocycles. The van der Waals surface area contributed by atoms with Crippen LogP contribution >= 0.6 is 0 Å². The van der Waals surface area contributed by atoms with Gasteiger partial charge in [-0.15, -0.1) is 0 Å². The lowest BCUT2D eigenvalue weighted by Crippen LogP contribution is -2.34. The monoisotopic (exact) mass is 372 g/mol. The zero-order valence-corrected chi connectivity index (χ0v) is 16.6. The van der Waals surface area contributed by atoms with Crippen molar-refractivity contribution in [3.63, 3.8) is 0 Å². The van der Waals surface area contributed by atoms with Crippen LogP contribution in [0, 0.1) is 0 Å². The van der Waals surface area contributed by atoms with Crippen molar-refractivity contribution in [1.29, 1.82) is 0 Å². The van der Waals surface area contributed by atoms with Crippen LogP contribution in [-0.4, -0.2) is 41.5 Å². The summed E-state index contributed by atoms with van der Waals surface area (Å²) in [6.07, 6.45) is 3.98. The van der Waals surface area contributed by atoms with E-state index in [0.717, 1.165) is 38.0 Å². The minimum Gasteiger partial charge on any atom is -0.446 e. The Morgan fingerprint density at radius 1 is 1.26 bits per heavy atom. The van der Waals surface area contributed by atoms with E-state index in [1.165, 1.54) is 6.26 Å². The Hall–Kier alpha value is -2.18. The van der Waals surface area contributed by atoms with Gasteiger partial charge in [-0.1, -0.05) is 44.2 Å². The number of hydrogen-bond acceptors (Lipinski definition) is 5. The molecular weight excluding hydrogens is 340 g/mol. The smallest absolute Gasteiger partial charge is 0.273 e. The SMILES string of the molecule is CCN(CC)CCCC(C)NC(=O)c1coc(C(N)Cc2ccccc2)n1.